The van der Waals surface area contributed by atoms with Gasteiger partial charge >= 0.3 is 0 Å². The Morgan fingerprint density at radius 1 is 1.39 bits per heavy atom. The number of thioether (sulfide) groups is 1. The van der Waals surface area contributed by atoms with Gasteiger partial charge in [-0.3, -0.25) is 4.79 Å². The summed E-state index contributed by atoms with van der Waals surface area (Å²) in [7, 11) is 0. The molecule has 0 saturated heterocycles. The lowest BCUT2D eigenvalue weighted by Gasteiger charge is -2.04. The highest BCUT2D eigenvalue weighted by atomic mass is 32.2. The van der Waals surface area contributed by atoms with Crippen molar-refractivity contribution < 1.29 is 4.79 Å². The highest BCUT2D eigenvalue weighted by molar-refractivity contribution is 7.98. The van der Waals surface area contributed by atoms with Crippen molar-refractivity contribution in [1.82, 2.24) is 5.32 Å². The molecule has 0 bridgehead atoms. The summed E-state index contributed by atoms with van der Waals surface area (Å²) in [6.45, 7) is 1.06. The summed E-state index contributed by atoms with van der Waals surface area (Å²) >= 11 is 1.78. The fourth-order valence-corrected chi connectivity index (χ4v) is 1.81. The maximum atomic E-state index is 11.8. The summed E-state index contributed by atoms with van der Waals surface area (Å²) in [4.78, 5) is 11.8. The third kappa shape index (κ3) is 5.26. The number of hydrogen-bond acceptors (Lipinski definition) is 3. The van der Waals surface area contributed by atoms with Crippen LogP contribution in [0.2, 0.25) is 0 Å². The third-order valence-corrected chi connectivity index (χ3v) is 2.99. The Balaban J connectivity index is 2.48. The first-order valence-corrected chi connectivity index (χ1v) is 7.23. The van der Waals surface area contributed by atoms with Gasteiger partial charge in [-0.2, -0.15) is 11.8 Å². The minimum Gasteiger partial charge on any atom is -0.352 e. The molecule has 18 heavy (non-hydrogen) atoms. The Morgan fingerprint density at radius 3 is 2.72 bits per heavy atom. The molecule has 0 fully saturated rings. The summed E-state index contributed by atoms with van der Waals surface area (Å²) < 4.78 is 0. The van der Waals surface area contributed by atoms with Gasteiger partial charge < -0.3 is 11.1 Å². The lowest BCUT2D eigenvalue weighted by molar-refractivity contribution is 0.0954. The third-order valence-electron chi connectivity index (χ3n) is 2.29. The predicted molar refractivity (Wildman–Crippen MR) is 77.7 cm³/mol. The molecule has 0 spiro atoms. The molecular weight excluding hydrogens is 244 g/mol. The second kappa shape index (κ2) is 8.62. The Kier molecular flexibility index (Phi) is 7.00. The molecule has 0 aliphatic rings. The van der Waals surface area contributed by atoms with Gasteiger partial charge in [-0.15, -0.1) is 0 Å². The average Bonchev–Trinajstić information content (AvgIpc) is 2.41. The Hall–Kier alpha value is -1.44. The van der Waals surface area contributed by atoms with Crippen LogP contribution in [0.25, 0.3) is 0 Å². The smallest absolute Gasteiger partial charge is 0.251 e. The fraction of sp³-hybridized carbons (Fsp3) is 0.357. The second-order valence-corrected chi connectivity index (χ2v) is 4.67. The Bertz CT molecular complexity index is 431. The maximum Gasteiger partial charge on any atom is 0.251 e. The van der Waals surface area contributed by atoms with Crippen molar-refractivity contribution >= 4 is 17.7 Å². The van der Waals surface area contributed by atoms with Crippen molar-refractivity contribution in [3.63, 3.8) is 0 Å². The topological polar surface area (TPSA) is 55.1 Å². The largest absolute Gasteiger partial charge is 0.352 e. The van der Waals surface area contributed by atoms with E-state index in [1.807, 2.05) is 12.1 Å². The molecule has 0 atom stereocenters. The molecular formula is C14H18N2OS. The predicted octanol–water partition coefficient (Wildman–Crippen LogP) is 1.48. The van der Waals surface area contributed by atoms with Gasteiger partial charge in [-0.05, 0) is 42.7 Å². The quantitative estimate of drug-likeness (QED) is 0.624. The maximum absolute atomic E-state index is 11.8. The summed E-state index contributed by atoms with van der Waals surface area (Å²) in [5, 5.41) is 2.89. The number of amides is 1. The normalized spacial score (nSPS) is 9.44. The Labute approximate surface area is 113 Å². The van der Waals surface area contributed by atoms with Crippen LogP contribution in [-0.4, -0.2) is 31.0 Å². The minimum absolute atomic E-state index is 0.0329. The van der Waals surface area contributed by atoms with Crippen LogP contribution in [-0.2, 0) is 0 Å². The monoisotopic (exact) mass is 262 g/mol. The van der Waals surface area contributed by atoms with E-state index in [0.29, 0.717) is 18.7 Å². The standard InChI is InChI=1S/C14H18N2OS/c1-18-11-3-10-16-14(17)13-7-5-12(6-8-13)4-2-9-15/h5-8H,3,9-11,15H2,1H3,(H,16,17). The number of carbonyl (C=O) groups is 1. The van der Waals surface area contributed by atoms with Gasteiger partial charge in [0.15, 0.2) is 0 Å². The van der Waals surface area contributed by atoms with Crippen LogP contribution in [0.5, 0.6) is 0 Å². The van der Waals surface area contributed by atoms with Crippen molar-refractivity contribution in [2.75, 3.05) is 25.1 Å². The summed E-state index contributed by atoms with van der Waals surface area (Å²) in [6.07, 6.45) is 3.05. The molecule has 96 valence electrons. The molecule has 0 radical (unpaired) electrons. The van der Waals surface area contributed by atoms with Gasteiger partial charge in [-0.25, -0.2) is 0 Å². The van der Waals surface area contributed by atoms with E-state index in [1.54, 1.807) is 23.9 Å². The lowest BCUT2D eigenvalue weighted by atomic mass is 10.1. The van der Waals surface area contributed by atoms with Crippen molar-refractivity contribution in [1.29, 1.82) is 0 Å². The lowest BCUT2D eigenvalue weighted by Crippen LogP contribution is -2.24. The van der Waals surface area contributed by atoms with Crippen molar-refractivity contribution in [3.05, 3.63) is 35.4 Å². The molecule has 3 nitrogen and oxygen atoms in total. The van der Waals surface area contributed by atoms with Gasteiger partial charge in [0.2, 0.25) is 0 Å². The first kappa shape index (κ1) is 14.6. The number of nitrogens with one attached hydrogen (secondary N) is 1. The Morgan fingerprint density at radius 2 is 2.11 bits per heavy atom. The van der Waals surface area contributed by atoms with E-state index in [9.17, 15) is 4.79 Å². The van der Waals surface area contributed by atoms with E-state index in [4.69, 9.17) is 5.73 Å². The number of benzene rings is 1. The van der Waals surface area contributed by atoms with Crippen LogP contribution < -0.4 is 11.1 Å². The summed E-state index contributed by atoms with van der Waals surface area (Å²) in [6, 6.07) is 7.23. The fourth-order valence-electron chi connectivity index (χ4n) is 1.38. The van der Waals surface area contributed by atoms with Crippen LogP contribution in [0.15, 0.2) is 24.3 Å². The highest BCUT2D eigenvalue weighted by Crippen LogP contribution is 2.03. The first-order valence-electron chi connectivity index (χ1n) is 5.84. The molecule has 1 aromatic rings. The summed E-state index contributed by atoms with van der Waals surface area (Å²) in [5.74, 6) is 6.73. The molecule has 4 heteroatoms. The molecule has 1 amide bonds. The molecule has 0 aliphatic heterocycles. The van der Waals surface area contributed by atoms with Crippen LogP contribution in [0, 0.1) is 11.8 Å². The first-order chi connectivity index (χ1) is 8.77. The van der Waals surface area contributed by atoms with Crippen LogP contribution in [0.1, 0.15) is 22.3 Å². The number of hydrogen-bond donors (Lipinski definition) is 2. The number of nitrogens with two attached hydrogens (primary N) is 1. The van der Waals surface area contributed by atoms with Crippen molar-refractivity contribution in [2.24, 2.45) is 5.73 Å². The van der Waals surface area contributed by atoms with Crippen molar-refractivity contribution in [3.8, 4) is 11.8 Å². The summed E-state index contributed by atoms with van der Waals surface area (Å²) in [5.41, 5.74) is 6.83. The van der Waals surface area contributed by atoms with Crippen LogP contribution >= 0.6 is 11.8 Å². The molecule has 0 saturated carbocycles. The van der Waals surface area contributed by atoms with E-state index < -0.39 is 0 Å². The zero-order valence-electron chi connectivity index (χ0n) is 10.5. The van der Waals surface area contributed by atoms with E-state index in [0.717, 1.165) is 17.7 Å². The zero-order valence-corrected chi connectivity index (χ0v) is 11.3. The average molecular weight is 262 g/mol. The molecule has 1 rings (SSSR count). The second-order valence-electron chi connectivity index (χ2n) is 3.69. The molecule has 0 aliphatic carbocycles. The molecule has 0 aromatic heterocycles. The van der Waals surface area contributed by atoms with Crippen LogP contribution in [0.4, 0.5) is 0 Å². The van der Waals surface area contributed by atoms with Gasteiger partial charge in [0, 0.05) is 17.7 Å². The van der Waals surface area contributed by atoms with Gasteiger partial charge in [-0.1, -0.05) is 11.8 Å². The minimum atomic E-state index is -0.0329. The van der Waals surface area contributed by atoms with E-state index in [2.05, 4.69) is 23.4 Å². The van der Waals surface area contributed by atoms with E-state index >= 15 is 0 Å². The number of carbonyl (C=O) groups excluding carboxylic acids is 1. The SMILES string of the molecule is CSCCCNC(=O)c1ccc(C#CCN)cc1. The van der Waals surface area contributed by atoms with Gasteiger partial charge in [0.05, 0.1) is 6.54 Å². The zero-order chi connectivity index (χ0) is 13.2. The van der Waals surface area contributed by atoms with Crippen molar-refractivity contribution in [2.45, 2.75) is 6.42 Å². The van der Waals surface area contributed by atoms with Crippen LogP contribution in [0.3, 0.4) is 0 Å². The molecule has 0 heterocycles. The highest BCUT2D eigenvalue weighted by Gasteiger charge is 2.03. The number of rotatable bonds is 5. The molecule has 3 N–H and O–H groups in total. The molecule has 1 aromatic carbocycles. The van der Waals surface area contributed by atoms with E-state index in [1.165, 1.54) is 0 Å². The van der Waals surface area contributed by atoms with Gasteiger partial charge in [0.25, 0.3) is 5.91 Å². The molecule has 0 unspecified atom stereocenters. The van der Waals surface area contributed by atoms with E-state index in [-0.39, 0.29) is 5.91 Å². The van der Waals surface area contributed by atoms with Gasteiger partial charge in [0.1, 0.15) is 0 Å².